The number of hydrogen-bond acceptors (Lipinski definition) is 3. The number of sulfonamides is 1. The van der Waals surface area contributed by atoms with Crippen LogP contribution < -0.4 is 0 Å². The van der Waals surface area contributed by atoms with E-state index < -0.39 is 10.0 Å². The van der Waals surface area contributed by atoms with Crippen LogP contribution in [0.3, 0.4) is 0 Å². The lowest BCUT2D eigenvalue weighted by Gasteiger charge is -2.20. The van der Waals surface area contributed by atoms with E-state index in [1.807, 2.05) is 19.1 Å². The Morgan fingerprint density at radius 2 is 1.95 bits per heavy atom. The zero-order chi connectivity index (χ0) is 15.6. The molecule has 3 nitrogen and oxygen atoms in total. The highest BCUT2D eigenvalue weighted by Gasteiger charge is 2.24. The SMILES string of the molecule is CCN(Cc1ccc(Br)s1)S(=O)(=O)c1ccc(Cl)c(Br)c1. The molecule has 0 atom stereocenters. The van der Waals surface area contributed by atoms with Crippen molar-refractivity contribution < 1.29 is 8.42 Å². The lowest BCUT2D eigenvalue weighted by atomic mass is 10.4. The molecule has 2 aromatic rings. The van der Waals surface area contributed by atoms with Gasteiger partial charge in [-0.2, -0.15) is 4.31 Å². The minimum Gasteiger partial charge on any atom is -0.207 e. The Hall–Kier alpha value is 0.0800. The third kappa shape index (κ3) is 4.09. The standard InChI is InChI=1S/C13H12Br2ClNO2S2/c1-2-17(8-9-3-6-13(15)20-9)21(18,19)10-4-5-12(16)11(14)7-10/h3-7H,2,8H2,1H3. The molecule has 0 aliphatic rings. The predicted octanol–water partition coefficient (Wildman–Crippen LogP) is 5.14. The highest BCUT2D eigenvalue weighted by atomic mass is 79.9. The van der Waals surface area contributed by atoms with E-state index in [-0.39, 0.29) is 4.90 Å². The van der Waals surface area contributed by atoms with Gasteiger partial charge in [0.15, 0.2) is 0 Å². The van der Waals surface area contributed by atoms with Gasteiger partial charge in [0.05, 0.1) is 13.7 Å². The summed E-state index contributed by atoms with van der Waals surface area (Å²) in [6, 6.07) is 8.47. The van der Waals surface area contributed by atoms with Crippen molar-refractivity contribution in [1.29, 1.82) is 0 Å². The molecule has 1 aromatic heterocycles. The Labute approximate surface area is 150 Å². The van der Waals surface area contributed by atoms with E-state index in [0.29, 0.717) is 22.6 Å². The molecule has 0 amide bonds. The van der Waals surface area contributed by atoms with Crippen molar-refractivity contribution >= 4 is 64.8 Å². The van der Waals surface area contributed by atoms with Gasteiger partial charge in [-0.05, 0) is 62.2 Å². The Balaban J connectivity index is 2.32. The second-order valence-electron chi connectivity index (χ2n) is 4.21. The third-order valence-corrected chi connectivity index (χ3v) is 7.58. The van der Waals surface area contributed by atoms with Gasteiger partial charge in [0, 0.05) is 22.4 Å². The Morgan fingerprint density at radius 3 is 2.48 bits per heavy atom. The van der Waals surface area contributed by atoms with Crippen LogP contribution in [0.25, 0.3) is 0 Å². The molecule has 114 valence electrons. The summed E-state index contributed by atoms with van der Waals surface area (Å²) < 4.78 is 28.4. The average molecular weight is 474 g/mol. The number of thiophene rings is 1. The number of rotatable bonds is 5. The van der Waals surface area contributed by atoms with Gasteiger partial charge in [-0.1, -0.05) is 18.5 Å². The van der Waals surface area contributed by atoms with E-state index >= 15 is 0 Å². The first kappa shape index (κ1) is 17.4. The minimum atomic E-state index is -3.54. The zero-order valence-corrected chi connectivity index (χ0v) is 16.6. The average Bonchev–Trinajstić information content (AvgIpc) is 2.84. The molecule has 1 aromatic carbocycles. The summed E-state index contributed by atoms with van der Waals surface area (Å²) in [7, 11) is -3.54. The summed E-state index contributed by atoms with van der Waals surface area (Å²) in [5.41, 5.74) is 0. The Morgan fingerprint density at radius 1 is 1.24 bits per heavy atom. The molecule has 0 radical (unpaired) electrons. The van der Waals surface area contributed by atoms with Gasteiger partial charge in [0.2, 0.25) is 10.0 Å². The van der Waals surface area contributed by atoms with Gasteiger partial charge in [-0.15, -0.1) is 11.3 Å². The van der Waals surface area contributed by atoms with E-state index in [1.165, 1.54) is 27.8 Å². The number of hydrogen-bond donors (Lipinski definition) is 0. The van der Waals surface area contributed by atoms with Crippen molar-refractivity contribution in [2.75, 3.05) is 6.54 Å². The normalized spacial score (nSPS) is 12.0. The molecule has 0 fully saturated rings. The molecule has 0 aliphatic heterocycles. The largest absolute Gasteiger partial charge is 0.243 e. The maximum Gasteiger partial charge on any atom is 0.243 e. The molecule has 1 heterocycles. The molecule has 0 unspecified atom stereocenters. The summed E-state index contributed by atoms with van der Waals surface area (Å²) in [5, 5.41) is 0.485. The molecule has 0 spiro atoms. The molecular formula is C13H12Br2ClNO2S2. The lowest BCUT2D eigenvalue weighted by Crippen LogP contribution is -2.30. The van der Waals surface area contributed by atoms with Crippen molar-refractivity contribution in [1.82, 2.24) is 4.31 Å². The topological polar surface area (TPSA) is 37.4 Å². The summed E-state index contributed by atoms with van der Waals surface area (Å²) in [4.78, 5) is 1.22. The van der Waals surface area contributed by atoms with Crippen LogP contribution in [0.1, 0.15) is 11.8 Å². The van der Waals surface area contributed by atoms with Crippen LogP contribution >= 0.6 is 54.8 Å². The van der Waals surface area contributed by atoms with Gasteiger partial charge < -0.3 is 0 Å². The van der Waals surface area contributed by atoms with E-state index in [4.69, 9.17) is 11.6 Å². The maximum atomic E-state index is 12.7. The smallest absolute Gasteiger partial charge is 0.207 e. The molecule has 0 saturated carbocycles. The van der Waals surface area contributed by atoms with Crippen molar-refractivity contribution in [3.8, 4) is 0 Å². The maximum absolute atomic E-state index is 12.7. The predicted molar refractivity (Wildman–Crippen MR) is 94.4 cm³/mol. The zero-order valence-electron chi connectivity index (χ0n) is 11.0. The third-order valence-electron chi connectivity index (χ3n) is 2.84. The summed E-state index contributed by atoms with van der Waals surface area (Å²) in [6.45, 7) is 2.58. The molecule has 0 N–H and O–H groups in total. The summed E-state index contributed by atoms with van der Waals surface area (Å²) in [6.07, 6.45) is 0. The quantitative estimate of drug-likeness (QED) is 0.603. The van der Waals surface area contributed by atoms with Gasteiger partial charge >= 0.3 is 0 Å². The second kappa shape index (κ2) is 7.10. The van der Waals surface area contributed by atoms with Crippen molar-refractivity contribution in [2.24, 2.45) is 0 Å². The van der Waals surface area contributed by atoms with Crippen LogP contribution in [0.15, 0.2) is 43.5 Å². The highest BCUT2D eigenvalue weighted by Crippen LogP contribution is 2.29. The monoisotopic (exact) mass is 471 g/mol. The van der Waals surface area contributed by atoms with Crippen LogP contribution in [0.2, 0.25) is 5.02 Å². The number of halogens is 3. The van der Waals surface area contributed by atoms with Gasteiger partial charge in [-0.25, -0.2) is 8.42 Å². The van der Waals surface area contributed by atoms with Crippen LogP contribution in [0.4, 0.5) is 0 Å². The van der Waals surface area contributed by atoms with Gasteiger partial charge in [-0.3, -0.25) is 0 Å². The van der Waals surface area contributed by atoms with E-state index in [9.17, 15) is 8.42 Å². The minimum absolute atomic E-state index is 0.233. The second-order valence-corrected chi connectivity index (χ2v) is 9.96. The highest BCUT2D eigenvalue weighted by molar-refractivity contribution is 9.11. The van der Waals surface area contributed by atoms with Crippen molar-refractivity contribution in [3.05, 3.63) is 48.5 Å². The first-order valence-electron chi connectivity index (χ1n) is 6.04. The molecule has 0 aliphatic carbocycles. The van der Waals surface area contributed by atoms with Gasteiger partial charge in [0.25, 0.3) is 0 Å². The lowest BCUT2D eigenvalue weighted by molar-refractivity contribution is 0.426. The van der Waals surface area contributed by atoms with Gasteiger partial charge in [0.1, 0.15) is 0 Å². The number of benzene rings is 1. The Bertz CT molecular complexity index is 746. The molecule has 0 bridgehead atoms. The summed E-state index contributed by atoms with van der Waals surface area (Å²) >= 11 is 14.1. The van der Waals surface area contributed by atoms with Crippen LogP contribution in [0, 0.1) is 0 Å². The van der Waals surface area contributed by atoms with Crippen LogP contribution in [-0.2, 0) is 16.6 Å². The van der Waals surface area contributed by atoms with Crippen LogP contribution in [0.5, 0.6) is 0 Å². The first-order chi connectivity index (χ1) is 9.84. The molecule has 8 heteroatoms. The van der Waals surface area contributed by atoms with E-state index in [0.717, 1.165) is 8.66 Å². The van der Waals surface area contributed by atoms with Crippen molar-refractivity contribution in [3.63, 3.8) is 0 Å². The fraction of sp³-hybridized carbons (Fsp3) is 0.231. The summed E-state index contributed by atoms with van der Waals surface area (Å²) in [5.74, 6) is 0. The molecule has 2 rings (SSSR count). The molecule has 0 saturated heterocycles. The van der Waals surface area contributed by atoms with Crippen molar-refractivity contribution in [2.45, 2.75) is 18.4 Å². The fourth-order valence-corrected chi connectivity index (χ4v) is 5.45. The van der Waals surface area contributed by atoms with E-state index in [1.54, 1.807) is 6.07 Å². The molecule has 21 heavy (non-hydrogen) atoms. The first-order valence-corrected chi connectivity index (χ1v) is 10.3. The van der Waals surface area contributed by atoms with Crippen LogP contribution in [-0.4, -0.2) is 19.3 Å². The number of nitrogens with zero attached hydrogens (tertiary/aromatic N) is 1. The fourth-order valence-electron chi connectivity index (χ4n) is 1.76. The Kier molecular flexibility index (Phi) is 5.90. The molecular weight excluding hydrogens is 462 g/mol. The van der Waals surface area contributed by atoms with E-state index in [2.05, 4.69) is 31.9 Å².